The molecule has 3 rings (SSSR count). The number of anilines is 1. The molecule has 22 heavy (non-hydrogen) atoms. The number of aryl methyl sites for hydroxylation is 1. The molecule has 2 saturated heterocycles. The molecule has 0 saturated carbocycles. The Bertz CT molecular complexity index is 650. The summed E-state index contributed by atoms with van der Waals surface area (Å²) < 4.78 is 39.5. The average molecular weight is 327 g/mol. The van der Waals surface area contributed by atoms with Crippen LogP contribution in [0.2, 0.25) is 0 Å². The second-order valence-electron chi connectivity index (χ2n) is 6.17. The molecule has 0 amide bonds. The number of piperazine rings is 1. The van der Waals surface area contributed by atoms with E-state index in [4.69, 9.17) is 5.73 Å². The molecule has 2 fully saturated rings. The molecule has 1 aromatic carbocycles. The number of benzene rings is 1. The number of hydrogen-bond donors (Lipinski definition) is 2. The first kappa shape index (κ1) is 15.7. The van der Waals surface area contributed by atoms with Gasteiger partial charge in [-0.2, -0.15) is 4.31 Å². The molecule has 2 aliphatic rings. The van der Waals surface area contributed by atoms with Crippen molar-refractivity contribution in [3.63, 3.8) is 0 Å². The maximum absolute atomic E-state index is 13.1. The predicted molar refractivity (Wildman–Crippen MR) is 84.4 cm³/mol. The van der Waals surface area contributed by atoms with Gasteiger partial charge < -0.3 is 11.1 Å². The molecule has 2 aliphatic heterocycles. The van der Waals surface area contributed by atoms with Gasteiger partial charge in [-0.25, -0.2) is 12.8 Å². The van der Waals surface area contributed by atoms with Crippen LogP contribution in [-0.2, 0) is 16.4 Å². The van der Waals surface area contributed by atoms with Crippen LogP contribution in [0.15, 0.2) is 18.2 Å². The van der Waals surface area contributed by atoms with Crippen molar-refractivity contribution in [2.24, 2.45) is 0 Å². The monoisotopic (exact) mass is 327 g/mol. The van der Waals surface area contributed by atoms with Crippen molar-refractivity contribution < 1.29 is 12.8 Å². The van der Waals surface area contributed by atoms with Crippen molar-refractivity contribution in [3.05, 3.63) is 29.6 Å². The van der Waals surface area contributed by atoms with Crippen molar-refractivity contribution in [3.8, 4) is 0 Å². The fraction of sp³-hybridized carbons (Fsp3) is 0.600. The van der Waals surface area contributed by atoms with Gasteiger partial charge in [-0.05, 0) is 43.4 Å². The normalized spacial score (nSPS) is 30.7. The second kappa shape index (κ2) is 6.14. The Balaban J connectivity index is 1.71. The average Bonchev–Trinajstić information content (AvgIpc) is 2.57. The molecule has 3 atom stereocenters. The van der Waals surface area contributed by atoms with Crippen LogP contribution in [0.4, 0.5) is 10.1 Å². The van der Waals surface area contributed by atoms with Gasteiger partial charge in [-0.1, -0.05) is 6.07 Å². The highest BCUT2D eigenvalue weighted by Gasteiger charge is 2.37. The predicted octanol–water partition coefficient (Wildman–Crippen LogP) is 1.11. The van der Waals surface area contributed by atoms with E-state index in [0.29, 0.717) is 38.0 Å². The summed E-state index contributed by atoms with van der Waals surface area (Å²) in [5.74, 6) is -0.112. The van der Waals surface area contributed by atoms with Crippen molar-refractivity contribution >= 4 is 15.7 Å². The van der Waals surface area contributed by atoms with Gasteiger partial charge in [0.15, 0.2) is 0 Å². The Morgan fingerprint density at radius 3 is 3.00 bits per heavy atom. The minimum absolute atomic E-state index is 0.0520. The zero-order valence-corrected chi connectivity index (χ0v) is 13.3. The molecular weight excluding hydrogens is 305 g/mol. The minimum Gasteiger partial charge on any atom is -0.398 e. The fourth-order valence-corrected chi connectivity index (χ4v) is 5.17. The van der Waals surface area contributed by atoms with E-state index in [9.17, 15) is 12.8 Å². The molecule has 0 radical (unpaired) electrons. The Morgan fingerprint density at radius 2 is 2.23 bits per heavy atom. The molecule has 1 aromatic rings. The van der Waals surface area contributed by atoms with Gasteiger partial charge in [0.1, 0.15) is 5.82 Å². The number of hydrogen-bond acceptors (Lipinski definition) is 4. The van der Waals surface area contributed by atoms with E-state index in [1.807, 2.05) is 0 Å². The van der Waals surface area contributed by atoms with Gasteiger partial charge in [-0.3, -0.25) is 0 Å². The van der Waals surface area contributed by atoms with Crippen LogP contribution >= 0.6 is 0 Å². The van der Waals surface area contributed by atoms with Crippen LogP contribution in [0.3, 0.4) is 0 Å². The van der Waals surface area contributed by atoms with Gasteiger partial charge in [0.2, 0.25) is 10.0 Å². The minimum atomic E-state index is -3.16. The number of nitrogens with two attached hydrogens (primary N) is 1. The van der Waals surface area contributed by atoms with Crippen LogP contribution in [0.1, 0.15) is 24.8 Å². The maximum Gasteiger partial charge on any atom is 0.214 e. The van der Waals surface area contributed by atoms with Crippen molar-refractivity contribution in [1.29, 1.82) is 0 Å². The molecular formula is C15H22FN3O2S. The zero-order valence-electron chi connectivity index (χ0n) is 12.5. The third-order valence-electron chi connectivity index (χ3n) is 4.62. The van der Waals surface area contributed by atoms with E-state index in [-0.39, 0.29) is 23.7 Å². The molecule has 0 spiro atoms. The lowest BCUT2D eigenvalue weighted by Gasteiger charge is -2.37. The number of fused-ring (bicyclic) bond motifs is 2. The third kappa shape index (κ3) is 3.26. The first-order valence-corrected chi connectivity index (χ1v) is 9.33. The second-order valence-corrected chi connectivity index (χ2v) is 8.21. The summed E-state index contributed by atoms with van der Waals surface area (Å²) in [4.78, 5) is 0. The lowest BCUT2D eigenvalue weighted by atomic mass is 10.0. The Morgan fingerprint density at radius 1 is 1.41 bits per heavy atom. The summed E-state index contributed by atoms with van der Waals surface area (Å²) in [5, 5.41) is 3.44. The molecule has 2 heterocycles. The summed E-state index contributed by atoms with van der Waals surface area (Å²) >= 11 is 0. The Labute approximate surface area is 130 Å². The Hall–Kier alpha value is -1.18. The summed E-state index contributed by atoms with van der Waals surface area (Å²) in [6.45, 7) is 1.23. The molecule has 0 aromatic heterocycles. The van der Waals surface area contributed by atoms with Gasteiger partial charge in [0, 0.05) is 30.9 Å². The number of nitrogens with one attached hydrogen (secondary N) is 1. The van der Waals surface area contributed by atoms with Gasteiger partial charge in [0.25, 0.3) is 0 Å². The highest BCUT2D eigenvalue weighted by atomic mass is 32.2. The van der Waals surface area contributed by atoms with Gasteiger partial charge in [-0.15, -0.1) is 0 Å². The molecule has 0 aliphatic carbocycles. The van der Waals surface area contributed by atoms with Gasteiger partial charge in [0.05, 0.1) is 5.75 Å². The quantitative estimate of drug-likeness (QED) is 0.816. The summed E-state index contributed by atoms with van der Waals surface area (Å²) in [6.07, 6.45) is 2.96. The molecule has 7 heteroatoms. The highest BCUT2D eigenvalue weighted by Crippen LogP contribution is 2.24. The summed E-state index contributed by atoms with van der Waals surface area (Å²) in [6, 6.07) is 4.60. The number of nitrogens with zero attached hydrogens (tertiary/aromatic N) is 1. The van der Waals surface area contributed by atoms with E-state index in [0.717, 1.165) is 12.0 Å². The first-order chi connectivity index (χ1) is 10.5. The largest absolute Gasteiger partial charge is 0.398 e. The summed E-state index contributed by atoms with van der Waals surface area (Å²) in [7, 11) is -3.16. The number of nitrogen functional groups attached to an aromatic ring is 1. The third-order valence-corrected chi connectivity index (χ3v) is 6.58. The first-order valence-electron chi connectivity index (χ1n) is 7.72. The van der Waals surface area contributed by atoms with Crippen molar-refractivity contribution in [2.75, 3.05) is 24.6 Å². The van der Waals surface area contributed by atoms with E-state index in [1.165, 1.54) is 12.1 Å². The van der Waals surface area contributed by atoms with Crippen molar-refractivity contribution in [2.45, 2.75) is 37.8 Å². The topological polar surface area (TPSA) is 75.4 Å². The zero-order chi connectivity index (χ0) is 15.7. The number of sulfonamides is 1. The molecule has 122 valence electrons. The fourth-order valence-electron chi connectivity index (χ4n) is 3.36. The van der Waals surface area contributed by atoms with Crippen LogP contribution < -0.4 is 11.1 Å². The van der Waals surface area contributed by atoms with E-state index in [1.54, 1.807) is 10.4 Å². The smallest absolute Gasteiger partial charge is 0.214 e. The maximum atomic E-state index is 13.1. The van der Waals surface area contributed by atoms with Crippen LogP contribution in [0.5, 0.6) is 0 Å². The van der Waals surface area contributed by atoms with E-state index >= 15 is 0 Å². The van der Waals surface area contributed by atoms with Crippen LogP contribution in [-0.4, -0.2) is 43.6 Å². The lowest BCUT2D eigenvalue weighted by molar-refractivity contribution is 0.216. The molecule has 5 nitrogen and oxygen atoms in total. The molecule has 1 unspecified atom stereocenters. The SMILES string of the molecule is Nc1cc(F)ccc1CC[C@H]1CN[C@@H]2CCCS(=O)(=O)N1C2. The number of rotatable bonds is 3. The highest BCUT2D eigenvalue weighted by molar-refractivity contribution is 7.89. The molecule has 2 bridgehead atoms. The standard InChI is InChI=1S/C15H22FN3O2S/c16-12-5-3-11(15(17)8-12)4-6-14-9-18-13-2-1-7-22(20,21)19(14)10-13/h3,5,8,13-14,18H,1-2,4,6-7,9-10,17H2/t13-,14+/m1/s1. The van der Waals surface area contributed by atoms with Crippen molar-refractivity contribution in [1.82, 2.24) is 9.62 Å². The number of halogens is 1. The lowest BCUT2D eigenvalue weighted by Crippen LogP contribution is -2.57. The van der Waals surface area contributed by atoms with Gasteiger partial charge >= 0.3 is 0 Å². The van der Waals surface area contributed by atoms with E-state index < -0.39 is 10.0 Å². The molecule has 3 N–H and O–H groups in total. The van der Waals surface area contributed by atoms with E-state index in [2.05, 4.69) is 5.32 Å². The van der Waals surface area contributed by atoms with Crippen LogP contribution in [0.25, 0.3) is 0 Å². The van der Waals surface area contributed by atoms with Crippen LogP contribution in [0, 0.1) is 5.82 Å². The summed E-state index contributed by atoms with van der Waals surface area (Å²) in [5.41, 5.74) is 7.13. The Kier molecular flexibility index (Phi) is 4.38.